The molecule has 0 aliphatic carbocycles. The van der Waals surface area contributed by atoms with E-state index < -0.39 is 6.36 Å². The summed E-state index contributed by atoms with van der Waals surface area (Å²) in [5.74, 6) is 1.17. The largest absolute Gasteiger partial charge is 0.573 e. The smallest absolute Gasteiger partial charge is 0.455 e. The van der Waals surface area contributed by atoms with Gasteiger partial charge < -0.3 is 14.8 Å². The minimum absolute atomic E-state index is 0.0642. The molecular formula is C26H28F3NO2. The monoisotopic (exact) mass is 443 g/mol. The molecule has 6 heteroatoms. The fourth-order valence-corrected chi connectivity index (χ4v) is 3.20. The van der Waals surface area contributed by atoms with E-state index in [0.29, 0.717) is 5.75 Å². The van der Waals surface area contributed by atoms with E-state index in [9.17, 15) is 13.2 Å². The standard InChI is InChI=1S/C26H28F3NO2/c1-5-16-30-23-17-19(18-6-11-22(12-7-18)32-26(27,28)29)8-15-24(23)31-21-13-9-20(10-14-21)25(2,3)4/h6-15,17,30H,5,16H2,1-4H3. The predicted molar refractivity (Wildman–Crippen MR) is 123 cm³/mol. The third kappa shape index (κ3) is 6.42. The van der Waals surface area contributed by atoms with Gasteiger partial charge in [0.2, 0.25) is 0 Å². The second kappa shape index (κ2) is 9.55. The molecule has 0 amide bonds. The molecule has 3 aromatic carbocycles. The maximum absolute atomic E-state index is 12.4. The fraction of sp³-hybridized carbons (Fsp3) is 0.308. The highest BCUT2D eigenvalue weighted by Crippen LogP contribution is 2.35. The Balaban J connectivity index is 1.84. The van der Waals surface area contributed by atoms with E-state index in [2.05, 4.69) is 49.9 Å². The van der Waals surface area contributed by atoms with Crippen LogP contribution in [0.4, 0.5) is 18.9 Å². The quantitative estimate of drug-likeness (QED) is 0.399. The minimum atomic E-state index is -4.71. The summed E-state index contributed by atoms with van der Waals surface area (Å²) < 4.78 is 47.3. The zero-order valence-electron chi connectivity index (χ0n) is 18.7. The van der Waals surface area contributed by atoms with Crippen LogP contribution in [-0.2, 0) is 5.41 Å². The lowest BCUT2D eigenvalue weighted by Gasteiger charge is -2.19. The molecule has 0 fully saturated rings. The van der Waals surface area contributed by atoms with Crippen molar-refractivity contribution in [2.24, 2.45) is 0 Å². The van der Waals surface area contributed by atoms with Gasteiger partial charge in [-0.3, -0.25) is 0 Å². The molecule has 3 nitrogen and oxygen atoms in total. The first-order valence-corrected chi connectivity index (χ1v) is 10.6. The second-order valence-corrected chi connectivity index (χ2v) is 8.59. The summed E-state index contributed by atoms with van der Waals surface area (Å²) in [5.41, 5.74) is 3.74. The van der Waals surface area contributed by atoms with Gasteiger partial charge in [-0.2, -0.15) is 0 Å². The van der Waals surface area contributed by atoms with Gasteiger partial charge in [0.25, 0.3) is 0 Å². The minimum Gasteiger partial charge on any atom is -0.455 e. The summed E-state index contributed by atoms with van der Waals surface area (Å²) in [7, 11) is 0. The molecule has 3 aromatic rings. The van der Waals surface area contributed by atoms with Crippen LogP contribution < -0.4 is 14.8 Å². The summed E-state index contributed by atoms with van der Waals surface area (Å²) >= 11 is 0. The van der Waals surface area contributed by atoms with Crippen molar-refractivity contribution in [3.63, 3.8) is 0 Å². The number of halogens is 3. The summed E-state index contributed by atoms with van der Waals surface area (Å²) in [6.45, 7) is 9.32. The van der Waals surface area contributed by atoms with E-state index in [1.54, 1.807) is 12.1 Å². The Hall–Kier alpha value is -3.15. The van der Waals surface area contributed by atoms with Crippen LogP contribution >= 0.6 is 0 Å². The maximum Gasteiger partial charge on any atom is 0.573 e. The van der Waals surface area contributed by atoms with Crippen LogP contribution in [0.2, 0.25) is 0 Å². The van der Waals surface area contributed by atoms with Crippen molar-refractivity contribution in [3.8, 4) is 28.4 Å². The summed E-state index contributed by atoms with van der Waals surface area (Å²) in [5, 5.41) is 3.37. The van der Waals surface area contributed by atoms with Gasteiger partial charge in [0, 0.05) is 6.54 Å². The maximum atomic E-state index is 12.4. The molecule has 1 N–H and O–H groups in total. The van der Waals surface area contributed by atoms with Crippen LogP contribution in [0.3, 0.4) is 0 Å². The van der Waals surface area contributed by atoms with Gasteiger partial charge in [-0.25, -0.2) is 0 Å². The molecule has 0 aliphatic rings. The van der Waals surface area contributed by atoms with Crippen LogP contribution in [0.25, 0.3) is 11.1 Å². The van der Waals surface area contributed by atoms with Crippen LogP contribution in [0.1, 0.15) is 39.7 Å². The molecule has 32 heavy (non-hydrogen) atoms. The second-order valence-electron chi connectivity index (χ2n) is 8.59. The van der Waals surface area contributed by atoms with E-state index in [1.807, 2.05) is 30.3 Å². The van der Waals surface area contributed by atoms with Gasteiger partial charge in [0.15, 0.2) is 5.75 Å². The summed E-state index contributed by atoms with van der Waals surface area (Å²) in [4.78, 5) is 0. The zero-order chi connectivity index (χ0) is 23.4. The van der Waals surface area contributed by atoms with E-state index in [0.717, 1.165) is 35.5 Å². The topological polar surface area (TPSA) is 30.5 Å². The van der Waals surface area contributed by atoms with Gasteiger partial charge in [-0.15, -0.1) is 13.2 Å². The van der Waals surface area contributed by atoms with Gasteiger partial charge in [-0.05, 0) is 64.9 Å². The van der Waals surface area contributed by atoms with E-state index >= 15 is 0 Å². The van der Waals surface area contributed by atoms with Crippen molar-refractivity contribution in [3.05, 3.63) is 72.3 Å². The number of hydrogen-bond acceptors (Lipinski definition) is 3. The number of anilines is 1. The molecule has 0 bridgehead atoms. The number of hydrogen-bond donors (Lipinski definition) is 1. The molecule has 170 valence electrons. The van der Waals surface area contributed by atoms with Crippen molar-refractivity contribution < 1.29 is 22.6 Å². The lowest BCUT2D eigenvalue weighted by molar-refractivity contribution is -0.274. The van der Waals surface area contributed by atoms with Crippen LogP contribution in [0.15, 0.2) is 66.7 Å². The first-order valence-electron chi connectivity index (χ1n) is 10.6. The third-order valence-corrected chi connectivity index (χ3v) is 4.91. The molecule has 0 aromatic heterocycles. The molecule has 0 aliphatic heterocycles. The zero-order valence-corrected chi connectivity index (χ0v) is 18.7. The molecule has 0 heterocycles. The van der Waals surface area contributed by atoms with Gasteiger partial charge in [0.05, 0.1) is 5.69 Å². The van der Waals surface area contributed by atoms with Crippen molar-refractivity contribution in [2.45, 2.75) is 45.9 Å². The van der Waals surface area contributed by atoms with Crippen LogP contribution in [0.5, 0.6) is 17.2 Å². The Morgan fingerprint density at radius 3 is 1.94 bits per heavy atom. The van der Waals surface area contributed by atoms with Crippen molar-refractivity contribution >= 4 is 5.69 Å². The third-order valence-electron chi connectivity index (χ3n) is 4.91. The average Bonchev–Trinajstić information content (AvgIpc) is 2.72. The number of nitrogens with one attached hydrogen (secondary N) is 1. The normalized spacial score (nSPS) is 11.8. The first-order chi connectivity index (χ1) is 15.0. The molecular weight excluding hydrogens is 415 g/mol. The Bertz CT molecular complexity index is 1020. The highest BCUT2D eigenvalue weighted by Gasteiger charge is 2.31. The molecule has 3 rings (SSSR count). The Morgan fingerprint density at radius 2 is 1.38 bits per heavy atom. The van der Waals surface area contributed by atoms with Crippen molar-refractivity contribution in [1.82, 2.24) is 0 Å². The first kappa shape index (κ1) is 23.5. The van der Waals surface area contributed by atoms with E-state index in [4.69, 9.17) is 4.74 Å². The number of benzene rings is 3. The van der Waals surface area contributed by atoms with Gasteiger partial charge >= 0.3 is 6.36 Å². The van der Waals surface area contributed by atoms with Gasteiger partial charge in [0.1, 0.15) is 11.5 Å². The summed E-state index contributed by atoms with van der Waals surface area (Å²) in [6.07, 6.45) is -3.77. The molecule has 0 spiro atoms. The lowest BCUT2D eigenvalue weighted by atomic mass is 9.87. The number of rotatable bonds is 7. The number of ether oxygens (including phenoxy) is 2. The lowest BCUT2D eigenvalue weighted by Crippen LogP contribution is -2.16. The fourth-order valence-electron chi connectivity index (χ4n) is 3.20. The summed E-state index contributed by atoms with van der Waals surface area (Å²) in [6, 6.07) is 19.6. The molecule has 0 unspecified atom stereocenters. The average molecular weight is 444 g/mol. The van der Waals surface area contributed by atoms with Crippen molar-refractivity contribution in [1.29, 1.82) is 0 Å². The number of alkyl halides is 3. The molecule has 0 saturated heterocycles. The Labute approximate surface area is 187 Å². The Morgan fingerprint density at radius 1 is 0.781 bits per heavy atom. The molecule has 0 atom stereocenters. The van der Waals surface area contributed by atoms with E-state index in [-0.39, 0.29) is 11.2 Å². The van der Waals surface area contributed by atoms with Crippen molar-refractivity contribution in [2.75, 3.05) is 11.9 Å². The molecule has 0 saturated carbocycles. The SMILES string of the molecule is CCCNc1cc(-c2ccc(OC(F)(F)F)cc2)ccc1Oc1ccc(C(C)(C)C)cc1. The van der Waals surface area contributed by atoms with Gasteiger partial charge in [-0.1, -0.05) is 58.0 Å². The predicted octanol–water partition coefficient (Wildman–Crippen LogP) is 8.16. The highest BCUT2D eigenvalue weighted by atomic mass is 19.4. The van der Waals surface area contributed by atoms with Crippen LogP contribution in [0, 0.1) is 0 Å². The molecule has 0 radical (unpaired) electrons. The van der Waals surface area contributed by atoms with E-state index in [1.165, 1.54) is 17.7 Å². The van der Waals surface area contributed by atoms with Crippen LogP contribution in [-0.4, -0.2) is 12.9 Å². The Kier molecular flexibility index (Phi) is 7.02. The highest BCUT2D eigenvalue weighted by molar-refractivity contribution is 5.72.